The Bertz CT molecular complexity index is 526. The monoisotopic (exact) mass is 382 g/mol. The van der Waals surface area contributed by atoms with Crippen LogP contribution in [-0.2, 0) is 0 Å². The molecule has 2 aliphatic rings. The minimum atomic E-state index is -6.37. The zero-order chi connectivity index (χ0) is 19.1. The van der Waals surface area contributed by atoms with E-state index in [4.69, 9.17) is 0 Å². The number of aliphatic hydroxyl groups is 1. The van der Waals surface area contributed by atoms with Crippen molar-refractivity contribution in [1.29, 1.82) is 0 Å². The minimum absolute atomic E-state index is 1.95. The third kappa shape index (κ3) is 2.02. The molecule has 2 rings (SSSR count). The Kier molecular flexibility index (Phi) is 3.62. The van der Waals surface area contributed by atoms with Crippen molar-refractivity contribution in [2.45, 2.75) is 43.7 Å². The number of halogens is 12. The van der Waals surface area contributed by atoms with Gasteiger partial charge in [-0.3, -0.25) is 0 Å². The van der Waals surface area contributed by atoms with Gasteiger partial charge in [0.25, 0.3) is 0 Å². The predicted molar refractivity (Wildman–Crippen MR) is 51.4 cm³/mol. The quantitative estimate of drug-likeness (QED) is 0.477. The lowest BCUT2D eigenvalue weighted by Gasteiger charge is -2.36. The molecule has 1 saturated carbocycles. The summed E-state index contributed by atoms with van der Waals surface area (Å²) in [5.41, 5.74) is -16.2. The van der Waals surface area contributed by atoms with E-state index in [0.29, 0.717) is 0 Å². The van der Waals surface area contributed by atoms with E-state index >= 15 is 0 Å². The SMILES string of the molecule is OC1C2(C(F)(F)F)CCC1(C(F)(F)F)C(C(F)(F)F)=C2C(F)(F)F. The summed E-state index contributed by atoms with van der Waals surface area (Å²) in [6.07, 6.45) is -33.0. The first-order valence-corrected chi connectivity index (χ1v) is 6.06. The maximum Gasteiger partial charge on any atom is 0.413 e. The van der Waals surface area contributed by atoms with E-state index < -0.39 is 65.6 Å². The summed E-state index contributed by atoms with van der Waals surface area (Å²) in [4.78, 5) is 0. The van der Waals surface area contributed by atoms with E-state index in [1.54, 1.807) is 0 Å². The van der Waals surface area contributed by atoms with Crippen LogP contribution in [0, 0.1) is 10.8 Å². The normalized spacial score (nSPS) is 35.1. The third-order valence-corrected chi connectivity index (χ3v) is 4.57. The van der Waals surface area contributed by atoms with Crippen LogP contribution < -0.4 is 0 Å². The van der Waals surface area contributed by atoms with Crippen molar-refractivity contribution >= 4 is 0 Å². The van der Waals surface area contributed by atoms with E-state index in [1.807, 2.05) is 0 Å². The van der Waals surface area contributed by atoms with Crippen LogP contribution in [0.1, 0.15) is 12.8 Å². The molecule has 0 heterocycles. The second-order valence-electron chi connectivity index (χ2n) is 5.59. The number of hydrogen-bond donors (Lipinski definition) is 1. The molecule has 13 heteroatoms. The van der Waals surface area contributed by atoms with Crippen molar-refractivity contribution in [3.05, 3.63) is 11.1 Å². The topological polar surface area (TPSA) is 20.2 Å². The Balaban J connectivity index is 3.01. The molecule has 2 bridgehead atoms. The van der Waals surface area contributed by atoms with E-state index in [1.165, 1.54) is 0 Å². The number of rotatable bonds is 0. The molecule has 1 nitrogen and oxygen atoms in total. The number of alkyl halides is 12. The van der Waals surface area contributed by atoms with Crippen molar-refractivity contribution in [2.75, 3.05) is 0 Å². The second kappa shape index (κ2) is 4.52. The van der Waals surface area contributed by atoms with Gasteiger partial charge in [0.15, 0.2) is 0 Å². The van der Waals surface area contributed by atoms with Gasteiger partial charge in [-0.15, -0.1) is 0 Å². The Morgan fingerprint density at radius 3 is 1.04 bits per heavy atom. The van der Waals surface area contributed by atoms with Crippen molar-refractivity contribution in [3.8, 4) is 0 Å². The highest BCUT2D eigenvalue weighted by Gasteiger charge is 2.87. The summed E-state index contributed by atoms with van der Waals surface area (Å²) < 4.78 is 157. The molecule has 1 fully saturated rings. The zero-order valence-corrected chi connectivity index (χ0v) is 11.0. The van der Waals surface area contributed by atoms with Gasteiger partial charge in [-0.05, 0) is 12.8 Å². The highest BCUT2D eigenvalue weighted by molar-refractivity contribution is 5.50. The van der Waals surface area contributed by atoms with Crippen molar-refractivity contribution in [3.63, 3.8) is 0 Å². The summed E-state index contributed by atoms with van der Waals surface area (Å²) in [6, 6.07) is 0. The van der Waals surface area contributed by atoms with Gasteiger partial charge in [-0.2, -0.15) is 52.7 Å². The fraction of sp³-hybridized carbons (Fsp3) is 0.818. The standard InChI is InChI=1S/C11H6F12O/c12-8(13,14)3-4(9(15,16)17)7(11(21,22)23)2-1-6(3,5(7)24)10(18,19)20/h5,24H,1-2H2. The second-order valence-corrected chi connectivity index (χ2v) is 5.59. The van der Waals surface area contributed by atoms with E-state index in [-0.39, 0.29) is 0 Å². The Morgan fingerprint density at radius 1 is 0.625 bits per heavy atom. The molecule has 0 aliphatic heterocycles. The number of fused-ring (bicyclic) bond motifs is 2. The van der Waals surface area contributed by atoms with Gasteiger partial charge in [0.05, 0.1) is 17.3 Å². The molecule has 140 valence electrons. The highest BCUT2D eigenvalue weighted by Crippen LogP contribution is 2.77. The van der Waals surface area contributed by atoms with Crippen molar-refractivity contribution in [1.82, 2.24) is 0 Å². The average molecular weight is 382 g/mol. The lowest BCUT2D eigenvalue weighted by Crippen LogP contribution is -2.51. The zero-order valence-electron chi connectivity index (χ0n) is 11.0. The lowest BCUT2D eigenvalue weighted by atomic mass is 9.75. The summed E-state index contributed by atoms with van der Waals surface area (Å²) in [5, 5.41) is 9.49. The molecule has 0 amide bonds. The van der Waals surface area contributed by atoms with Crippen LogP contribution in [0.4, 0.5) is 52.7 Å². The van der Waals surface area contributed by atoms with Crippen LogP contribution in [0.3, 0.4) is 0 Å². The summed E-state index contributed by atoms with van der Waals surface area (Å²) in [7, 11) is 0. The molecular weight excluding hydrogens is 376 g/mol. The molecule has 2 aliphatic carbocycles. The molecule has 0 aromatic rings. The first-order valence-electron chi connectivity index (χ1n) is 6.06. The highest BCUT2D eigenvalue weighted by atomic mass is 19.4. The Morgan fingerprint density at radius 2 is 0.875 bits per heavy atom. The molecular formula is C11H6F12O. The Labute approximate surface area is 124 Å². The fourth-order valence-corrected chi connectivity index (χ4v) is 3.72. The van der Waals surface area contributed by atoms with Gasteiger partial charge < -0.3 is 5.11 Å². The van der Waals surface area contributed by atoms with Crippen LogP contribution in [0.5, 0.6) is 0 Å². The van der Waals surface area contributed by atoms with Crippen molar-refractivity contribution in [2.24, 2.45) is 10.8 Å². The number of aliphatic hydroxyl groups excluding tert-OH is 1. The summed E-state index contributed by atoms with van der Waals surface area (Å²) in [5.74, 6) is 0. The van der Waals surface area contributed by atoms with Crippen LogP contribution in [0.25, 0.3) is 0 Å². The van der Waals surface area contributed by atoms with Crippen LogP contribution in [-0.4, -0.2) is 35.9 Å². The predicted octanol–water partition coefficient (Wildman–Crippen LogP) is 4.67. The summed E-state index contributed by atoms with van der Waals surface area (Å²) in [6.45, 7) is 0. The van der Waals surface area contributed by atoms with E-state index in [0.717, 1.165) is 0 Å². The Hall–Kier alpha value is -1.14. The van der Waals surface area contributed by atoms with Gasteiger partial charge in [-0.1, -0.05) is 0 Å². The molecule has 0 saturated heterocycles. The van der Waals surface area contributed by atoms with Crippen LogP contribution in [0.15, 0.2) is 11.1 Å². The van der Waals surface area contributed by atoms with E-state index in [9.17, 15) is 57.8 Å². The first-order chi connectivity index (χ1) is 10.3. The lowest BCUT2D eigenvalue weighted by molar-refractivity contribution is -0.275. The average Bonchev–Trinajstić information content (AvgIpc) is 2.73. The first kappa shape index (κ1) is 19.2. The number of hydrogen-bond acceptors (Lipinski definition) is 1. The van der Waals surface area contributed by atoms with E-state index in [2.05, 4.69) is 0 Å². The van der Waals surface area contributed by atoms with Crippen LogP contribution >= 0.6 is 0 Å². The summed E-state index contributed by atoms with van der Waals surface area (Å²) >= 11 is 0. The molecule has 0 radical (unpaired) electrons. The molecule has 1 N–H and O–H groups in total. The molecule has 2 unspecified atom stereocenters. The molecule has 0 spiro atoms. The molecule has 0 aromatic carbocycles. The molecule has 24 heavy (non-hydrogen) atoms. The minimum Gasteiger partial charge on any atom is -0.391 e. The molecule has 2 atom stereocenters. The van der Waals surface area contributed by atoms with Gasteiger partial charge in [-0.25, -0.2) is 0 Å². The van der Waals surface area contributed by atoms with Gasteiger partial charge >= 0.3 is 24.7 Å². The van der Waals surface area contributed by atoms with Gasteiger partial charge in [0, 0.05) is 0 Å². The van der Waals surface area contributed by atoms with Gasteiger partial charge in [0.2, 0.25) is 0 Å². The largest absolute Gasteiger partial charge is 0.413 e. The maximum absolute atomic E-state index is 13.2. The van der Waals surface area contributed by atoms with Crippen LogP contribution in [0.2, 0.25) is 0 Å². The van der Waals surface area contributed by atoms with Gasteiger partial charge in [0.1, 0.15) is 10.8 Å². The molecule has 0 aromatic heterocycles. The fourth-order valence-electron chi connectivity index (χ4n) is 3.72. The smallest absolute Gasteiger partial charge is 0.391 e. The van der Waals surface area contributed by atoms with Crippen molar-refractivity contribution < 1.29 is 57.8 Å². The third-order valence-electron chi connectivity index (χ3n) is 4.57. The maximum atomic E-state index is 13.2.